The van der Waals surface area contributed by atoms with Crippen LogP contribution in [-0.2, 0) is 0 Å². The van der Waals surface area contributed by atoms with Crippen molar-refractivity contribution < 1.29 is 0 Å². The van der Waals surface area contributed by atoms with Gasteiger partial charge in [0.05, 0.1) is 18.2 Å². The fourth-order valence-electron chi connectivity index (χ4n) is 2.96. The van der Waals surface area contributed by atoms with Crippen molar-refractivity contribution in [3.8, 4) is 11.3 Å². The van der Waals surface area contributed by atoms with Crippen LogP contribution in [0, 0.1) is 0 Å². The van der Waals surface area contributed by atoms with Gasteiger partial charge in [-0.1, -0.05) is 25.7 Å². The highest BCUT2D eigenvalue weighted by atomic mass is 15.1. The van der Waals surface area contributed by atoms with Gasteiger partial charge in [-0.25, -0.2) is 4.98 Å². The van der Waals surface area contributed by atoms with E-state index in [2.05, 4.69) is 14.5 Å². The van der Waals surface area contributed by atoms with Crippen molar-refractivity contribution in [3.63, 3.8) is 0 Å². The van der Waals surface area contributed by atoms with E-state index < -0.39 is 0 Å². The molecule has 1 aliphatic carbocycles. The summed E-state index contributed by atoms with van der Waals surface area (Å²) < 4.78 is 2.29. The van der Waals surface area contributed by atoms with Crippen molar-refractivity contribution in [2.24, 2.45) is 0 Å². The molecule has 1 fully saturated rings. The summed E-state index contributed by atoms with van der Waals surface area (Å²) >= 11 is 0. The van der Waals surface area contributed by atoms with E-state index in [1.807, 2.05) is 24.8 Å². The van der Waals surface area contributed by atoms with Crippen LogP contribution in [0.2, 0.25) is 0 Å². The summed E-state index contributed by atoms with van der Waals surface area (Å²) in [6.45, 7) is 0. The quantitative estimate of drug-likeness (QED) is 0.837. The van der Waals surface area contributed by atoms with E-state index in [9.17, 15) is 0 Å². The largest absolute Gasteiger partial charge is 0.398 e. The lowest BCUT2D eigenvalue weighted by Crippen LogP contribution is -2.09. The van der Waals surface area contributed by atoms with Crippen LogP contribution < -0.4 is 5.73 Å². The zero-order valence-corrected chi connectivity index (χ0v) is 11.1. The molecule has 3 rings (SSSR count). The minimum absolute atomic E-state index is 0.555. The molecule has 100 valence electrons. The number of hydrogen-bond donors (Lipinski definition) is 1. The van der Waals surface area contributed by atoms with Crippen LogP contribution in [0.1, 0.15) is 44.6 Å². The Kier molecular flexibility index (Phi) is 3.49. The van der Waals surface area contributed by atoms with Gasteiger partial charge in [-0.3, -0.25) is 4.98 Å². The molecule has 2 heterocycles. The number of anilines is 1. The van der Waals surface area contributed by atoms with Gasteiger partial charge in [-0.05, 0) is 18.9 Å². The highest BCUT2D eigenvalue weighted by Gasteiger charge is 2.18. The summed E-state index contributed by atoms with van der Waals surface area (Å²) in [6, 6.07) is 2.40. The summed E-state index contributed by atoms with van der Waals surface area (Å²) in [4.78, 5) is 8.51. The van der Waals surface area contributed by atoms with E-state index >= 15 is 0 Å². The van der Waals surface area contributed by atoms with Crippen LogP contribution >= 0.6 is 0 Å². The van der Waals surface area contributed by atoms with Crippen LogP contribution in [0.4, 0.5) is 5.69 Å². The first kappa shape index (κ1) is 12.2. The first-order chi connectivity index (χ1) is 9.36. The van der Waals surface area contributed by atoms with Gasteiger partial charge in [0.15, 0.2) is 0 Å². The molecule has 0 aliphatic heterocycles. The SMILES string of the molecule is Nc1ccncc1-c1cncn1C1CCCCCC1. The lowest BCUT2D eigenvalue weighted by atomic mass is 10.1. The number of nitrogen functional groups attached to an aromatic ring is 1. The molecular weight excluding hydrogens is 236 g/mol. The number of hydrogen-bond acceptors (Lipinski definition) is 3. The lowest BCUT2D eigenvalue weighted by Gasteiger charge is -2.19. The third-order valence-corrected chi connectivity index (χ3v) is 4.01. The van der Waals surface area contributed by atoms with E-state index in [1.165, 1.54) is 38.5 Å². The molecule has 4 nitrogen and oxygen atoms in total. The number of nitrogens with two attached hydrogens (primary N) is 1. The van der Waals surface area contributed by atoms with Crippen LogP contribution in [0.15, 0.2) is 31.0 Å². The van der Waals surface area contributed by atoms with Gasteiger partial charge in [0.2, 0.25) is 0 Å². The van der Waals surface area contributed by atoms with Crippen molar-refractivity contribution in [2.75, 3.05) is 5.73 Å². The normalized spacial score (nSPS) is 17.3. The van der Waals surface area contributed by atoms with Gasteiger partial charge < -0.3 is 10.3 Å². The Morgan fingerprint density at radius 2 is 1.84 bits per heavy atom. The van der Waals surface area contributed by atoms with Gasteiger partial charge in [-0.2, -0.15) is 0 Å². The molecule has 0 spiro atoms. The smallest absolute Gasteiger partial charge is 0.0953 e. The predicted molar refractivity (Wildman–Crippen MR) is 76.6 cm³/mol. The Hall–Kier alpha value is -1.84. The average Bonchev–Trinajstić information content (AvgIpc) is 2.74. The van der Waals surface area contributed by atoms with Gasteiger partial charge in [0, 0.05) is 29.7 Å². The maximum absolute atomic E-state index is 6.06. The molecule has 0 bridgehead atoms. The van der Waals surface area contributed by atoms with Crippen molar-refractivity contribution >= 4 is 5.69 Å². The zero-order chi connectivity index (χ0) is 13.1. The molecule has 1 saturated carbocycles. The molecule has 0 atom stereocenters. The third-order valence-electron chi connectivity index (χ3n) is 4.01. The molecule has 19 heavy (non-hydrogen) atoms. The molecule has 0 aromatic carbocycles. The molecular formula is C15H20N4. The van der Waals surface area contributed by atoms with Crippen LogP contribution in [-0.4, -0.2) is 14.5 Å². The highest BCUT2D eigenvalue weighted by molar-refractivity contribution is 5.72. The van der Waals surface area contributed by atoms with Gasteiger partial charge in [0.25, 0.3) is 0 Å². The Bertz CT molecular complexity index is 539. The van der Waals surface area contributed by atoms with Crippen molar-refractivity contribution in [3.05, 3.63) is 31.0 Å². The van der Waals surface area contributed by atoms with Gasteiger partial charge in [0.1, 0.15) is 0 Å². The number of aromatic nitrogens is 3. The fourth-order valence-corrected chi connectivity index (χ4v) is 2.96. The Labute approximate surface area is 113 Å². The number of rotatable bonds is 2. The maximum atomic E-state index is 6.06. The van der Waals surface area contributed by atoms with Crippen LogP contribution in [0.5, 0.6) is 0 Å². The van der Waals surface area contributed by atoms with E-state index in [-0.39, 0.29) is 0 Å². The average molecular weight is 256 g/mol. The Balaban J connectivity index is 1.96. The molecule has 0 unspecified atom stereocenters. The maximum Gasteiger partial charge on any atom is 0.0953 e. The topological polar surface area (TPSA) is 56.7 Å². The summed E-state index contributed by atoms with van der Waals surface area (Å²) in [7, 11) is 0. The second kappa shape index (κ2) is 5.43. The highest BCUT2D eigenvalue weighted by Crippen LogP contribution is 2.32. The van der Waals surface area contributed by atoms with E-state index in [0.29, 0.717) is 6.04 Å². The second-order valence-electron chi connectivity index (χ2n) is 5.29. The fraction of sp³-hybridized carbons (Fsp3) is 0.467. The summed E-state index contributed by atoms with van der Waals surface area (Å²) in [5.74, 6) is 0. The molecule has 2 N–H and O–H groups in total. The third kappa shape index (κ3) is 2.48. The monoisotopic (exact) mass is 256 g/mol. The minimum atomic E-state index is 0.555. The zero-order valence-electron chi connectivity index (χ0n) is 11.1. The molecule has 2 aromatic rings. The predicted octanol–water partition coefficient (Wildman–Crippen LogP) is 3.42. The first-order valence-corrected chi connectivity index (χ1v) is 7.08. The Morgan fingerprint density at radius 3 is 2.58 bits per heavy atom. The molecule has 4 heteroatoms. The van der Waals surface area contributed by atoms with Crippen LogP contribution in [0.3, 0.4) is 0 Å². The molecule has 0 saturated heterocycles. The number of nitrogens with zero attached hydrogens (tertiary/aromatic N) is 3. The first-order valence-electron chi connectivity index (χ1n) is 7.08. The van der Waals surface area contributed by atoms with Gasteiger partial charge in [-0.15, -0.1) is 0 Å². The van der Waals surface area contributed by atoms with E-state index in [0.717, 1.165) is 16.9 Å². The second-order valence-corrected chi connectivity index (χ2v) is 5.29. The summed E-state index contributed by atoms with van der Waals surface area (Å²) in [6.07, 6.45) is 15.2. The number of imidazole rings is 1. The van der Waals surface area contributed by atoms with Crippen molar-refractivity contribution in [1.29, 1.82) is 0 Å². The molecule has 1 aliphatic rings. The lowest BCUT2D eigenvalue weighted by molar-refractivity contribution is 0.447. The summed E-state index contributed by atoms with van der Waals surface area (Å²) in [5, 5.41) is 0. The van der Waals surface area contributed by atoms with E-state index in [1.54, 1.807) is 6.20 Å². The van der Waals surface area contributed by atoms with Gasteiger partial charge >= 0.3 is 0 Å². The summed E-state index contributed by atoms with van der Waals surface area (Å²) in [5.41, 5.74) is 8.91. The minimum Gasteiger partial charge on any atom is -0.398 e. The van der Waals surface area contributed by atoms with Crippen molar-refractivity contribution in [2.45, 2.75) is 44.6 Å². The molecule has 0 radical (unpaired) electrons. The van der Waals surface area contributed by atoms with Crippen LogP contribution in [0.25, 0.3) is 11.3 Å². The molecule has 0 amide bonds. The van der Waals surface area contributed by atoms with Crippen molar-refractivity contribution in [1.82, 2.24) is 14.5 Å². The molecule has 2 aromatic heterocycles. The van der Waals surface area contributed by atoms with E-state index in [4.69, 9.17) is 5.73 Å². The Morgan fingerprint density at radius 1 is 1.05 bits per heavy atom. The standard InChI is InChI=1S/C15H20N4/c16-14-7-8-17-9-13(14)15-10-18-11-19(15)12-5-3-1-2-4-6-12/h7-12H,1-6H2,(H2,16,17). The number of pyridine rings is 1.